The van der Waals surface area contributed by atoms with Crippen LogP contribution in [0.25, 0.3) is 0 Å². The third-order valence-corrected chi connectivity index (χ3v) is 7.20. The van der Waals surface area contributed by atoms with Crippen LogP contribution < -0.4 is 5.32 Å². The van der Waals surface area contributed by atoms with Gasteiger partial charge in [0.25, 0.3) is 0 Å². The number of carbonyl (C=O) groups is 1. The van der Waals surface area contributed by atoms with Crippen molar-refractivity contribution in [1.29, 1.82) is 0 Å². The number of hydrogen-bond donors (Lipinski definition) is 1. The zero-order chi connectivity index (χ0) is 23.5. The van der Waals surface area contributed by atoms with Crippen LogP contribution in [0.3, 0.4) is 0 Å². The summed E-state index contributed by atoms with van der Waals surface area (Å²) in [4.78, 5) is 13.4. The molecule has 3 rings (SSSR count). The minimum Gasteiger partial charge on any atom is -0.326 e. The van der Waals surface area contributed by atoms with Gasteiger partial charge in [0.1, 0.15) is 5.82 Å². The van der Waals surface area contributed by atoms with E-state index in [0.717, 1.165) is 16.4 Å². The predicted octanol–water partition coefficient (Wildman–Crippen LogP) is 3.83. The van der Waals surface area contributed by atoms with Crippen molar-refractivity contribution in [3.63, 3.8) is 0 Å². The van der Waals surface area contributed by atoms with Crippen LogP contribution in [0.4, 0.5) is 23.2 Å². The number of benzene rings is 2. The first-order valence-corrected chi connectivity index (χ1v) is 11.4. The highest BCUT2D eigenvalue weighted by molar-refractivity contribution is 7.89. The molecule has 0 spiro atoms. The number of amides is 1. The van der Waals surface area contributed by atoms with Gasteiger partial charge in [-0.15, -0.1) is 0 Å². The molecule has 1 aliphatic heterocycles. The number of anilines is 1. The average Bonchev–Trinajstić information content (AvgIpc) is 2.72. The summed E-state index contributed by atoms with van der Waals surface area (Å²) in [5.41, 5.74) is -0.865. The number of nitrogens with one attached hydrogen (secondary N) is 1. The summed E-state index contributed by atoms with van der Waals surface area (Å²) in [6.07, 6.45) is -4.65. The summed E-state index contributed by atoms with van der Waals surface area (Å²) in [7, 11) is -4.13. The molecule has 0 atom stereocenters. The highest BCUT2D eigenvalue weighted by Gasteiger charge is 2.36. The van der Waals surface area contributed by atoms with Crippen molar-refractivity contribution in [1.82, 2.24) is 9.21 Å². The van der Waals surface area contributed by atoms with Gasteiger partial charge in [-0.1, -0.05) is 17.7 Å². The van der Waals surface area contributed by atoms with E-state index in [2.05, 4.69) is 5.32 Å². The normalized spacial score (nSPS) is 16.2. The molecular weight excluding hydrogens is 474 g/mol. The van der Waals surface area contributed by atoms with E-state index in [9.17, 15) is 30.8 Å². The quantitative estimate of drug-likeness (QED) is 0.621. The summed E-state index contributed by atoms with van der Waals surface area (Å²) in [5, 5.41) is 2.01. The first-order chi connectivity index (χ1) is 15.0. The Bertz CT molecular complexity index is 1090. The van der Waals surface area contributed by atoms with E-state index in [1.54, 1.807) is 6.07 Å². The molecule has 1 saturated heterocycles. The maximum Gasteiger partial charge on any atom is 0.417 e. The van der Waals surface area contributed by atoms with E-state index >= 15 is 0 Å². The van der Waals surface area contributed by atoms with Crippen molar-refractivity contribution in [2.75, 3.05) is 38.0 Å². The van der Waals surface area contributed by atoms with Gasteiger partial charge in [0.2, 0.25) is 15.9 Å². The van der Waals surface area contributed by atoms with Crippen LogP contribution >= 0.6 is 11.6 Å². The van der Waals surface area contributed by atoms with Crippen molar-refractivity contribution in [2.24, 2.45) is 0 Å². The van der Waals surface area contributed by atoms with Crippen molar-refractivity contribution < 1.29 is 30.8 Å². The van der Waals surface area contributed by atoms with Gasteiger partial charge < -0.3 is 10.2 Å². The Hall–Kier alpha value is -2.21. The topological polar surface area (TPSA) is 69.7 Å². The van der Waals surface area contributed by atoms with Gasteiger partial charge >= 0.3 is 6.18 Å². The number of halogens is 5. The molecular formula is C20H20ClF4N3O3S. The Morgan fingerprint density at radius 2 is 1.75 bits per heavy atom. The first kappa shape index (κ1) is 24.4. The Morgan fingerprint density at radius 1 is 1.06 bits per heavy atom. The third kappa shape index (κ3) is 5.97. The molecule has 0 aromatic heterocycles. The second-order valence-corrected chi connectivity index (χ2v) is 9.54. The van der Waals surface area contributed by atoms with Crippen LogP contribution in [0, 0.1) is 5.82 Å². The van der Waals surface area contributed by atoms with E-state index in [4.69, 9.17) is 11.6 Å². The fraction of sp³-hybridized carbons (Fsp3) is 0.350. The van der Waals surface area contributed by atoms with E-state index in [0.29, 0.717) is 31.4 Å². The zero-order valence-corrected chi connectivity index (χ0v) is 18.3. The molecule has 1 aliphatic rings. The highest BCUT2D eigenvalue weighted by atomic mass is 35.5. The summed E-state index contributed by atoms with van der Waals surface area (Å²) >= 11 is 5.57. The van der Waals surface area contributed by atoms with Crippen molar-refractivity contribution in [3.05, 3.63) is 58.9 Å². The number of piperazine rings is 1. The Kier molecular flexibility index (Phi) is 7.43. The molecule has 2 aromatic rings. The summed E-state index contributed by atoms with van der Waals surface area (Å²) in [6, 6.07) is 8.01. The molecule has 0 unspecified atom stereocenters. The maximum absolute atomic E-state index is 13.2. The van der Waals surface area contributed by atoms with Gasteiger partial charge in [-0.3, -0.25) is 4.79 Å². The van der Waals surface area contributed by atoms with Gasteiger partial charge in [0.05, 0.1) is 15.5 Å². The Labute approximate surface area is 187 Å². The first-order valence-electron chi connectivity index (χ1n) is 9.61. The zero-order valence-electron chi connectivity index (χ0n) is 16.7. The summed E-state index contributed by atoms with van der Waals surface area (Å²) in [6.45, 7) is 1.11. The minimum absolute atomic E-state index is 0.0673. The summed E-state index contributed by atoms with van der Waals surface area (Å²) in [5.74, 6) is -0.783. The Morgan fingerprint density at radius 3 is 2.38 bits per heavy atom. The van der Waals surface area contributed by atoms with Crippen LogP contribution in [-0.2, 0) is 21.0 Å². The lowest BCUT2D eigenvalue weighted by Crippen LogP contribution is -2.49. The molecule has 1 heterocycles. The lowest BCUT2D eigenvalue weighted by Gasteiger charge is -2.33. The van der Waals surface area contributed by atoms with Crippen molar-refractivity contribution in [2.45, 2.75) is 17.5 Å². The molecule has 12 heteroatoms. The van der Waals surface area contributed by atoms with Crippen molar-refractivity contribution >= 4 is 33.2 Å². The van der Waals surface area contributed by atoms with E-state index in [-0.39, 0.29) is 25.4 Å². The molecule has 0 saturated carbocycles. The second-order valence-electron chi connectivity index (χ2n) is 7.19. The van der Waals surface area contributed by atoms with Gasteiger partial charge in [-0.2, -0.15) is 17.5 Å². The smallest absolute Gasteiger partial charge is 0.326 e. The van der Waals surface area contributed by atoms with Crippen LogP contribution in [0.15, 0.2) is 47.4 Å². The van der Waals surface area contributed by atoms with Crippen molar-refractivity contribution in [3.8, 4) is 0 Å². The molecule has 0 aliphatic carbocycles. The van der Waals surface area contributed by atoms with Crippen LogP contribution in [0.2, 0.25) is 5.02 Å². The fourth-order valence-electron chi connectivity index (χ4n) is 3.27. The molecule has 0 radical (unpaired) electrons. The SMILES string of the molecule is O=C(CCN1CCN(S(=O)(=O)c2ccc(Cl)c(C(F)(F)F)c2)CC1)Nc1cccc(F)c1. The molecule has 1 N–H and O–H groups in total. The van der Waals surface area contributed by atoms with Gasteiger partial charge in [-0.25, -0.2) is 12.8 Å². The van der Waals surface area contributed by atoms with E-state index in [1.807, 2.05) is 4.90 Å². The number of alkyl halides is 3. The highest BCUT2D eigenvalue weighted by Crippen LogP contribution is 2.36. The third-order valence-electron chi connectivity index (χ3n) is 4.98. The van der Waals surface area contributed by atoms with Crippen LogP contribution in [0.5, 0.6) is 0 Å². The molecule has 174 valence electrons. The standard InChI is InChI=1S/C20H20ClF4N3O3S/c21-18-5-4-16(13-17(18)20(23,24)25)32(30,31)28-10-8-27(9-11-28)7-6-19(29)26-15-3-1-2-14(22)12-15/h1-5,12-13H,6-11H2,(H,26,29). The van der Waals surface area contributed by atoms with E-state index < -0.39 is 37.5 Å². The van der Waals surface area contributed by atoms with Crippen LogP contribution in [0.1, 0.15) is 12.0 Å². The molecule has 2 aromatic carbocycles. The maximum atomic E-state index is 13.2. The predicted molar refractivity (Wildman–Crippen MR) is 111 cm³/mol. The number of sulfonamides is 1. The van der Waals surface area contributed by atoms with Gasteiger partial charge in [0, 0.05) is 44.8 Å². The van der Waals surface area contributed by atoms with E-state index in [1.165, 1.54) is 18.2 Å². The average molecular weight is 494 g/mol. The van der Waals surface area contributed by atoms with Crippen LogP contribution in [-0.4, -0.2) is 56.3 Å². The lowest BCUT2D eigenvalue weighted by molar-refractivity contribution is -0.137. The molecule has 32 heavy (non-hydrogen) atoms. The number of nitrogens with zero attached hydrogens (tertiary/aromatic N) is 2. The minimum atomic E-state index is -4.77. The van der Waals surface area contributed by atoms with Gasteiger partial charge in [0.15, 0.2) is 0 Å². The second kappa shape index (κ2) is 9.74. The number of carbonyl (C=O) groups excluding carboxylic acids is 1. The van der Waals surface area contributed by atoms with Gasteiger partial charge in [-0.05, 0) is 36.4 Å². The molecule has 1 fully saturated rings. The molecule has 6 nitrogen and oxygen atoms in total. The molecule has 0 bridgehead atoms. The monoisotopic (exact) mass is 493 g/mol. The molecule has 1 amide bonds. The Balaban J connectivity index is 1.55. The summed E-state index contributed by atoms with van der Waals surface area (Å²) < 4.78 is 79.1. The number of hydrogen-bond acceptors (Lipinski definition) is 4. The number of rotatable bonds is 6. The largest absolute Gasteiger partial charge is 0.417 e. The lowest BCUT2D eigenvalue weighted by atomic mass is 10.2. The fourth-order valence-corrected chi connectivity index (χ4v) is 4.95.